The lowest BCUT2D eigenvalue weighted by Gasteiger charge is -2.13. The van der Waals surface area contributed by atoms with E-state index >= 15 is 0 Å². The molecule has 1 aliphatic heterocycles. The van der Waals surface area contributed by atoms with Crippen LogP contribution < -0.4 is 5.32 Å². The fourth-order valence-electron chi connectivity index (χ4n) is 2.51. The van der Waals surface area contributed by atoms with E-state index < -0.39 is 0 Å². The van der Waals surface area contributed by atoms with E-state index in [1.54, 1.807) is 0 Å². The maximum Gasteiger partial charge on any atom is 0.256 e. The van der Waals surface area contributed by atoms with E-state index in [2.05, 4.69) is 23.5 Å². The minimum atomic E-state index is 0.0424. The van der Waals surface area contributed by atoms with Crippen LogP contribution in [0.5, 0.6) is 0 Å². The minimum absolute atomic E-state index is 0.0424. The molecule has 3 rings (SSSR count). The van der Waals surface area contributed by atoms with Gasteiger partial charge in [-0.2, -0.15) is 0 Å². The summed E-state index contributed by atoms with van der Waals surface area (Å²) < 4.78 is 0. The van der Waals surface area contributed by atoms with Crippen molar-refractivity contribution in [2.24, 2.45) is 5.92 Å². The van der Waals surface area contributed by atoms with Crippen LogP contribution in [0.15, 0.2) is 42.5 Å². The number of fused-ring (bicyclic) bond motifs is 1. The van der Waals surface area contributed by atoms with Gasteiger partial charge in [-0.15, -0.1) is 0 Å². The van der Waals surface area contributed by atoms with Crippen LogP contribution in [0.3, 0.4) is 0 Å². The summed E-state index contributed by atoms with van der Waals surface area (Å²) in [5.74, 6) is 0.549. The lowest BCUT2D eigenvalue weighted by molar-refractivity contribution is -0.110. The fourth-order valence-corrected chi connectivity index (χ4v) is 2.51. The van der Waals surface area contributed by atoms with Crippen molar-refractivity contribution in [2.75, 3.05) is 5.32 Å². The molecule has 0 fully saturated rings. The first-order chi connectivity index (χ1) is 8.34. The Hall–Kier alpha value is -1.83. The van der Waals surface area contributed by atoms with E-state index in [9.17, 15) is 4.79 Å². The second-order valence-electron chi connectivity index (χ2n) is 4.62. The number of para-hydroxylation sites is 1. The minimum Gasteiger partial charge on any atom is -0.321 e. The molecular formula is C15H15NO. The molecule has 2 aliphatic rings. The molecule has 2 heteroatoms. The van der Waals surface area contributed by atoms with Crippen molar-refractivity contribution in [3.63, 3.8) is 0 Å². The van der Waals surface area contributed by atoms with E-state index in [0.717, 1.165) is 36.1 Å². The van der Waals surface area contributed by atoms with Gasteiger partial charge in [0.15, 0.2) is 0 Å². The van der Waals surface area contributed by atoms with E-state index in [0.29, 0.717) is 5.92 Å². The first-order valence-electron chi connectivity index (χ1n) is 6.12. The molecule has 1 aromatic carbocycles. The summed E-state index contributed by atoms with van der Waals surface area (Å²) in [6.07, 6.45) is 9.90. The van der Waals surface area contributed by atoms with Crippen molar-refractivity contribution < 1.29 is 4.79 Å². The van der Waals surface area contributed by atoms with Crippen LogP contribution >= 0.6 is 0 Å². The van der Waals surface area contributed by atoms with Crippen LogP contribution in [0.2, 0.25) is 0 Å². The average Bonchev–Trinajstić information content (AvgIpc) is 2.68. The lowest BCUT2D eigenvalue weighted by atomic mass is 9.91. The number of rotatable bonds is 1. The highest BCUT2D eigenvalue weighted by Crippen LogP contribution is 2.33. The molecule has 1 N–H and O–H groups in total. The Morgan fingerprint density at radius 2 is 2.12 bits per heavy atom. The molecule has 1 aromatic rings. The number of hydrogen-bond acceptors (Lipinski definition) is 1. The van der Waals surface area contributed by atoms with Crippen LogP contribution in [-0.4, -0.2) is 5.91 Å². The van der Waals surface area contributed by atoms with Crippen LogP contribution in [0, 0.1) is 5.92 Å². The van der Waals surface area contributed by atoms with E-state index in [1.165, 1.54) is 0 Å². The highest BCUT2D eigenvalue weighted by molar-refractivity contribution is 6.31. The summed E-state index contributed by atoms with van der Waals surface area (Å²) >= 11 is 0. The smallest absolute Gasteiger partial charge is 0.256 e. The molecule has 0 radical (unpaired) electrons. The third kappa shape index (κ3) is 1.91. The van der Waals surface area contributed by atoms with Gasteiger partial charge in [-0.3, -0.25) is 4.79 Å². The molecule has 1 amide bonds. The fraction of sp³-hybridized carbons (Fsp3) is 0.267. The predicted octanol–water partition coefficient (Wildman–Crippen LogP) is 3.38. The van der Waals surface area contributed by atoms with Crippen molar-refractivity contribution in [3.8, 4) is 0 Å². The van der Waals surface area contributed by atoms with Crippen molar-refractivity contribution in [1.82, 2.24) is 0 Å². The number of nitrogens with one attached hydrogen (secondary N) is 1. The SMILES string of the molecule is O=C1Nc2ccccc2C1=CC1CC=CCC1. The van der Waals surface area contributed by atoms with Crippen molar-refractivity contribution in [3.05, 3.63) is 48.1 Å². The average molecular weight is 225 g/mol. The molecule has 0 bridgehead atoms. The molecule has 1 unspecified atom stereocenters. The molecule has 86 valence electrons. The summed E-state index contributed by atoms with van der Waals surface area (Å²) in [7, 11) is 0. The van der Waals surface area contributed by atoms with Crippen LogP contribution in [0.4, 0.5) is 5.69 Å². The Kier molecular flexibility index (Phi) is 2.56. The topological polar surface area (TPSA) is 29.1 Å². The summed E-state index contributed by atoms with van der Waals surface area (Å²) in [5.41, 5.74) is 2.84. The van der Waals surface area contributed by atoms with Crippen LogP contribution in [-0.2, 0) is 4.79 Å². The second kappa shape index (κ2) is 4.21. The highest BCUT2D eigenvalue weighted by atomic mass is 16.2. The summed E-state index contributed by atoms with van der Waals surface area (Å²) in [5, 5.41) is 2.91. The zero-order chi connectivity index (χ0) is 11.7. The van der Waals surface area contributed by atoms with E-state index in [4.69, 9.17) is 0 Å². The van der Waals surface area contributed by atoms with Gasteiger partial charge in [0.2, 0.25) is 0 Å². The lowest BCUT2D eigenvalue weighted by Crippen LogP contribution is -2.06. The number of anilines is 1. The maximum atomic E-state index is 11.9. The number of carbonyl (C=O) groups excluding carboxylic acids is 1. The van der Waals surface area contributed by atoms with Gasteiger partial charge in [0.05, 0.1) is 0 Å². The summed E-state index contributed by atoms with van der Waals surface area (Å²) in [6.45, 7) is 0. The van der Waals surface area contributed by atoms with Gasteiger partial charge < -0.3 is 5.32 Å². The summed E-state index contributed by atoms with van der Waals surface area (Å²) in [6, 6.07) is 7.89. The quantitative estimate of drug-likeness (QED) is 0.576. The molecule has 0 spiro atoms. The predicted molar refractivity (Wildman–Crippen MR) is 69.5 cm³/mol. The second-order valence-corrected chi connectivity index (χ2v) is 4.62. The largest absolute Gasteiger partial charge is 0.321 e. The number of carbonyl (C=O) groups is 1. The van der Waals surface area contributed by atoms with Gasteiger partial charge in [-0.25, -0.2) is 0 Å². The van der Waals surface area contributed by atoms with E-state index in [1.807, 2.05) is 24.3 Å². The zero-order valence-electron chi connectivity index (χ0n) is 9.65. The number of amides is 1. The van der Waals surface area contributed by atoms with Gasteiger partial charge >= 0.3 is 0 Å². The number of allylic oxidation sites excluding steroid dienone is 3. The standard InChI is InChI=1S/C15H15NO/c17-15-13(10-11-6-2-1-3-7-11)12-8-4-5-9-14(12)16-15/h1-2,4-5,8-11H,3,6-7H2,(H,16,17). The Morgan fingerprint density at radius 1 is 1.24 bits per heavy atom. The first-order valence-corrected chi connectivity index (χ1v) is 6.12. The Balaban J connectivity index is 1.95. The molecular weight excluding hydrogens is 210 g/mol. The third-order valence-electron chi connectivity index (χ3n) is 3.42. The van der Waals surface area contributed by atoms with Crippen molar-refractivity contribution >= 4 is 17.2 Å². The number of benzene rings is 1. The molecule has 0 saturated carbocycles. The van der Waals surface area contributed by atoms with Crippen LogP contribution in [0.25, 0.3) is 5.57 Å². The third-order valence-corrected chi connectivity index (χ3v) is 3.42. The maximum absolute atomic E-state index is 11.9. The van der Waals surface area contributed by atoms with Crippen molar-refractivity contribution in [2.45, 2.75) is 19.3 Å². The van der Waals surface area contributed by atoms with E-state index in [-0.39, 0.29) is 5.91 Å². The van der Waals surface area contributed by atoms with Crippen LogP contribution in [0.1, 0.15) is 24.8 Å². The van der Waals surface area contributed by atoms with Crippen molar-refractivity contribution in [1.29, 1.82) is 0 Å². The van der Waals surface area contributed by atoms with Gasteiger partial charge in [-0.1, -0.05) is 36.4 Å². The molecule has 1 atom stereocenters. The van der Waals surface area contributed by atoms with Gasteiger partial charge in [0.1, 0.15) is 0 Å². The normalized spacial score (nSPS) is 24.8. The number of hydrogen-bond donors (Lipinski definition) is 1. The highest BCUT2D eigenvalue weighted by Gasteiger charge is 2.24. The molecule has 17 heavy (non-hydrogen) atoms. The monoisotopic (exact) mass is 225 g/mol. The Morgan fingerprint density at radius 3 is 2.94 bits per heavy atom. The molecule has 0 saturated heterocycles. The molecule has 1 aliphatic carbocycles. The Labute approximate surface area is 101 Å². The molecule has 1 heterocycles. The van der Waals surface area contributed by atoms with Gasteiger partial charge in [0, 0.05) is 16.8 Å². The summed E-state index contributed by atoms with van der Waals surface area (Å²) in [4.78, 5) is 11.9. The molecule has 2 nitrogen and oxygen atoms in total. The molecule has 0 aromatic heterocycles. The van der Waals surface area contributed by atoms with Gasteiger partial charge in [0.25, 0.3) is 5.91 Å². The van der Waals surface area contributed by atoms with Gasteiger partial charge in [-0.05, 0) is 31.2 Å². The first kappa shape index (κ1) is 10.3. The zero-order valence-corrected chi connectivity index (χ0v) is 9.65. The Bertz CT molecular complexity index is 513.